The fourth-order valence-corrected chi connectivity index (χ4v) is 2.01. The summed E-state index contributed by atoms with van der Waals surface area (Å²) in [5.74, 6) is -0.177. The van der Waals surface area contributed by atoms with Crippen LogP contribution in [0, 0.1) is 0 Å². The second-order valence-electron chi connectivity index (χ2n) is 3.61. The lowest BCUT2D eigenvalue weighted by atomic mass is 10.2. The molecule has 0 aliphatic carbocycles. The number of aliphatic carboxylic acids is 1. The van der Waals surface area contributed by atoms with Gasteiger partial charge in [0.1, 0.15) is 12.4 Å². The lowest BCUT2D eigenvalue weighted by Gasteiger charge is -2.04. The van der Waals surface area contributed by atoms with Crippen LogP contribution in [0.25, 0.3) is 6.08 Å². The molecule has 0 unspecified atom stereocenters. The van der Waals surface area contributed by atoms with Crippen molar-refractivity contribution in [1.82, 2.24) is 0 Å². The minimum Gasteiger partial charge on any atom is -0.488 e. The van der Waals surface area contributed by atoms with Crippen LogP contribution in [0.4, 0.5) is 0 Å². The second kappa shape index (κ2) is 6.02. The molecule has 0 aliphatic rings. The van der Waals surface area contributed by atoms with Gasteiger partial charge in [0, 0.05) is 11.0 Å². The Bertz CT molecular complexity index is 527. The molecule has 2 rings (SSSR count). The number of thiophene rings is 1. The molecule has 0 fully saturated rings. The van der Waals surface area contributed by atoms with Gasteiger partial charge in [-0.25, -0.2) is 4.79 Å². The topological polar surface area (TPSA) is 46.5 Å². The van der Waals surface area contributed by atoms with E-state index in [1.54, 1.807) is 17.4 Å². The molecule has 0 amide bonds. The lowest BCUT2D eigenvalue weighted by Crippen LogP contribution is -1.92. The molecule has 0 atom stereocenters. The number of carbonyl (C=O) groups is 1. The average Bonchev–Trinajstić information content (AvgIpc) is 2.88. The Morgan fingerprint density at radius 1 is 1.28 bits per heavy atom. The van der Waals surface area contributed by atoms with Crippen molar-refractivity contribution in [3.8, 4) is 5.75 Å². The Morgan fingerprint density at radius 3 is 2.67 bits per heavy atom. The van der Waals surface area contributed by atoms with Crippen LogP contribution in [0.2, 0.25) is 0 Å². The molecule has 1 aromatic carbocycles. The van der Waals surface area contributed by atoms with E-state index in [2.05, 4.69) is 0 Å². The van der Waals surface area contributed by atoms with E-state index in [1.165, 1.54) is 4.88 Å². The minimum absolute atomic E-state index is 0.558. The fraction of sp³-hybridized carbons (Fsp3) is 0.0714. The van der Waals surface area contributed by atoms with E-state index in [1.807, 2.05) is 41.8 Å². The van der Waals surface area contributed by atoms with Gasteiger partial charge in [-0.1, -0.05) is 18.2 Å². The number of ether oxygens (including phenoxy) is 1. The monoisotopic (exact) mass is 260 g/mol. The molecular weight excluding hydrogens is 248 g/mol. The van der Waals surface area contributed by atoms with Crippen molar-refractivity contribution in [2.24, 2.45) is 0 Å². The quantitative estimate of drug-likeness (QED) is 0.838. The van der Waals surface area contributed by atoms with E-state index in [0.29, 0.717) is 6.61 Å². The molecular formula is C14H12O3S. The first-order valence-electron chi connectivity index (χ1n) is 5.40. The third-order valence-corrected chi connectivity index (χ3v) is 3.11. The van der Waals surface area contributed by atoms with Crippen LogP contribution in [0.5, 0.6) is 5.75 Å². The fourth-order valence-electron chi connectivity index (χ4n) is 1.39. The number of hydrogen-bond donors (Lipinski definition) is 1. The third kappa shape index (κ3) is 3.75. The van der Waals surface area contributed by atoms with Gasteiger partial charge in [-0.15, -0.1) is 11.3 Å². The van der Waals surface area contributed by atoms with Crippen LogP contribution in [0.15, 0.2) is 47.9 Å². The molecule has 1 aromatic heterocycles. The summed E-state index contributed by atoms with van der Waals surface area (Å²) in [5, 5.41) is 10.5. The molecule has 4 heteroatoms. The van der Waals surface area contributed by atoms with Gasteiger partial charge in [-0.3, -0.25) is 0 Å². The van der Waals surface area contributed by atoms with Crippen molar-refractivity contribution in [3.05, 3.63) is 58.3 Å². The summed E-state index contributed by atoms with van der Waals surface area (Å²) in [5.41, 5.74) is 0.834. The molecule has 0 bridgehead atoms. The van der Waals surface area contributed by atoms with Crippen molar-refractivity contribution < 1.29 is 14.6 Å². The first-order chi connectivity index (χ1) is 8.74. The van der Waals surface area contributed by atoms with E-state index in [9.17, 15) is 4.79 Å². The molecule has 1 heterocycles. The van der Waals surface area contributed by atoms with Crippen LogP contribution in [0.1, 0.15) is 10.4 Å². The van der Waals surface area contributed by atoms with Crippen LogP contribution in [0.3, 0.4) is 0 Å². The van der Waals surface area contributed by atoms with E-state index in [4.69, 9.17) is 9.84 Å². The predicted molar refractivity (Wildman–Crippen MR) is 71.8 cm³/mol. The number of carboxylic acids is 1. The molecule has 2 aromatic rings. The van der Waals surface area contributed by atoms with Crippen molar-refractivity contribution >= 4 is 23.4 Å². The van der Waals surface area contributed by atoms with Crippen LogP contribution in [-0.2, 0) is 11.4 Å². The van der Waals surface area contributed by atoms with Gasteiger partial charge in [0.2, 0.25) is 0 Å². The van der Waals surface area contributed by atoms with Crippen molar-refractivity contribution in [1.29, 1.82) is 0 Å². The number of benzene rings is 1. The summed E-state index contributed by atoms with van der Waals surface area (Å²) in [6.07, 6.45) is 2.66. The summed E-state index contributed by atoms with van der Waals surface area (Å²) >= 11 is 1.66. The largest absolute Gasteiger partial charge is 0.488 e. The Labute approximate surface area is 109 Å². The van der Waals surface area contributed by atoms with E-state index < -0.39 is 5.97 Å². The van der Waals surface area contributed by atoms with Gasteiger partial charge < -0.3 is 9.84 Å². The van der Waals surface area contributed by atoms with Crippen molar-refractivity contribution in [2.75, 3.05) is 0 Å². The Balaban J connectivity index is 1.93. The number of rotatable bonds is 5. The maximum Gasteiger partial charge on any atom is 0.328 e. The molecule has 0 saturated carbocycles. The first kappa shape index (κ1) is 12.4. The number of carboxylic acid groups (broad SMARTS) is 1. The molecule has 3 nitrogen and oxygen atoms in total. The Hall–Kier alpha value is -2.07. The van der Waals surface area contributed by atoms with Gasteiger partial charge in [0.15, 0.2) is 0 Å². The summed E-state index contributed by atoms with van der Waals surface area (Å²) in [6, 6.07) is 11.3. The van der Waals surface area contributed by atoms with Gasteiger partial charge in [0.05, 0.1) is 0 Å². The molecule has 0 spiro atoms. The molecule has 1 N–H and O–H groups in total. The third-order valence-electron chi connectivity index (χ3n) is 2.26. The van der Waals surface area contributed by atoms with E-state index >= 15 is 0 Å². The smallest absolute Gasteiger partial charge is 0.328 e. The van der Waals surface area contributed by atoms with Crippen molar-refractivity contribution in [3.63, 3.8) is 0 Å². The zero-order chi connectivity index (χ0) is 12.8. The van der Waals surface area contributed by atoms with Crippen molar-refractivity contribution in [2.45, 2.75) is 6.61 Å². The van der Waals surface area contributed by atoms with Gasteiger partial charge in [-0.05, 0) is 35.2 Å². The van der Waals surface area contributed by atoms with Gasteiger partial charge in [-0.2, -0.15) is 0 Å². The van der Waals surface area contributed by atoms with Crippen LogP contribution in [-0.4, -0.2) is 11.1 Å². The highest BCUT2D eigenvalue weighted by atomic mass is 32.1. The normalized spacial score (nSPS) is 10.7. The van der Waals surface area contributed by atoms with Crippen LogP contribution >= 0.6 is 11.3 Å². The standard InChI is InChI=1S/C14H12O3S/c15-14(16)8-5-11-3-6-12(7-4-11)17-10-13-2-1-9-18-13/h1-9H,10H2,(H,15,16)/b8-5+. The first-order valence-corrected chi connectivity index (χ1v) is 6.28. The van der Waals surface area contributed by atoms with Gasteiger partial charge >= 0.3 is 5.97 Å². The van der Waals surface area contributed by atoms with E-state index in [0.717, 1.165) is 17.4 Å². The Morgan fingerprint density at radius 2 is 2.06 bits per heavy atom. The average molecular weight is 260 g/mol. The highest BCUT2D eigenvalue weighted by molar-refractivity contribution is 7.09. The predicted octanol–water partition coefficient (Wildman–Crippen LogP) is 3.42. The molecule has 0 aliphatic heterocycles. The summed E-state index contributed by atoms with van der Waals surface area (Å²) in [7, 11) is 0. The van der Waals surface area contributed by atoms with Gasteiger partial charge in [0.25, 0.3) is 0 Å². The second-order valence-corrected chi connectivity index (χ2v) is 4.64. The maximum atomic E-state index is 10.4. The highest BCUT2D eigenvalue weighted by Crippen LogP contribution is 2.16. The summed E-state index contributed by atoms with van der Waals surface area (Å²) < 4.78 is 5.60. The van der Waals surface area contributed by atoms with E-state index in [-0.39, 0.29) is 0 Å². The molecule has 0 saturated heterocycles. The molecule has 0 radical (unpaired) electrons. The molecule has 92 valence electrons. The molecule has 18 heavy (non-hydrogen) atoms. The maximum absolute atomic E-state index is 10.4. The summed E-state index contributed by atoms with van der Waals surface area (Å²) in [4.78, 5) is 11.5. The highest BCUT2D eigenvalue weighted by Gasteiger charge is 1.97. The van der Waals surface area contributed by atoms with Crippen LogP contribution < -0.4 is 4.74 Å². The number of hydrogen-bond acceptors (Lipinski definition) is 3. The zero-order valence-electron chi connectivity index (χ0n) is 9.58. The summed E-state index contributed by atoms with van der Waals surface area (Å²) in [6.45, 7) is 0.558. The lowest BCUT2D eigenvalue weighted by molar-refractivity contribution is -0.131. The zero-order valence-corrected chi connectivity index (χ0v) is 10.4. The SMILES string of the molecule is O=C(O)/C=C/c1ccc(OCc2cccs2)cc1. The Kier molecular flexibility index (Phi) is 4.15. The minimum atomic E-state index is -0.951.